The molecular formula is C13H25N3O. The van der Waals surface area contributed by atoms with Crippen LogP contribution in [0.1, 0.15) is 32.6 Å². The monoisotopic (exact) mass is 239 g/mol. The van der Waals surface area contributed by atoms with E-state index in [4.69, 9.17) is 0 Å². The maximum atomic E-state index is 12.1. The van der Waals surface area contributed by atoms with Gasteiger partial charge in [0.1, 0.15) is 0 Å². The first-order valence-electron chi connectivity index (χ1n) is 7.04. The molecular weight excluding hydrogens is 214 g/mol. The number of likely N-dealkylation sites (N-methyl/N-ethyl adjacent to an activating group) is 1. The van der Waals surface area contributed by atoms with E-state index >= 15 is 0 Å². The third-order valence-electron chi connectivity index (χ3n) is 3.99. The van der Waals surface area contributed by atoms with E-state index in [1.807, 2.05) is 4.90 Å². The van der Waals surface area contributed by atoms with Gasteiger partial charge in [-0.3, -0.25) is 9.69 Å². The summed E-state index contributed by atoms with van der Waals surface area (Å²) in [6.07, 6.45) is 4.83. The zero-order chi connectivity index (χ0) is 12.1. The minimum Gasteiger partial charge on any atom is -0.342 e. The van der Waals surface area contributed by atoms with E-state index in [9.17, 15) is 4.79 Å². The summed E-state index contributed by atoms with van der Waals surface area (Å²) < 4.78 is 0. The highest BCUT2D eigenvalue weighted by Crippen LogP contribution is 2.12. The number of nitrogens with one attached hydrogen (secondary N) is 1. The first kappa shape index (κ1) is 12.8. The lowest BCUT2D eigenvalue weighted by Gasteiger charge is -2.34. The Balaban J connectivity index is 1.82. The summed E-state index contributed by atoms with van der Waals surface area (Å²) in [6, 6.07) is 0.556. The van der Waals surface area contributed by atoms with Crippen molar-refractivity contribution in [1.29, 1.82) is 0 Å². The number of amides is 1. The molecule has 0 aromatic rings. The van der Waals surface area contributed by atoms with Crippen molar-refractivity contribution < 1.29 is 4.79 Å². The molecule has 2 saturated heterocycles. The average Bonchev–Trinajstić information content (AvgIpc) is 2.90. The number of likely N-dealkylation sites (tertiary alicyclic amines) is 1. The van der Waals surface area contributed by atoms with E-state index in [-0.39, 0.29) is 0 Å². The van der Waals surface area contributed by atoms with Gasteiger partial charge in [-0.1, -0.05) is 6.92 Å². The van der Waals surface area contributed by atoms with Crippen LogP contribution in [-0.2, 0) is 4.79 Å². The molecule has 0 spiro atoms. The van der Waals surface area contributed by atoms with Crippen LogP contribution >= 0.6 is 0 Å². The molecule has 0 aliphatic carbocycles. The van der Waals surface area contributed by atoms with E-state index in [2.05, 4.69) is 17.1 Å². The van der Waals surface area contributed by atoms with Gasteiger partial charge in [0.2, 0.25) is 5.91 Å². The predicted octanol–water partition coefficient (Wildman–Crippen LogP) is 0.683. The second kappa shape index (κ2) is 6.36. The Labute approximate surface area is 104 Å². The molecule has 1 N–H and O–H groups in total. The van der Waals surface area contributed by atoms with Crippen LogP contribution < -0.4 is 5.32 Å². The highest BCUT2D eigenvalue weighted by molar-refractivity contribution is 5.78. The second-order valence-corrected chi connectivity index (χ2v) is 5.15. The number of hydrogen-bond donors (Lipinski definition) is 1. The molecule has 0 aromatic heterocycles. The van der Waals surface area contributed by atoms with Gasteiger partial charge in [-0.15, -0.1) is 0 Å². The van der Waals surface area contributed by atoms with Gasteiger partial charge in [0.05, 0.1) is 6.54 Å². The first-order valence-corrected chi connectivity index (χ1v) is 7.04. The fourth-order valence-corrected chi connectivity index (χ4v) is 2.88. The molecule has 2 rings (SSSR count). The molecule has 4 heteroatoms. The smallest absolute Gasteiger partial charge is 0.236 e. The topological polar surface area (TPSA) is 35.6 Å². The Morgan fingerprint density at radius 3 is 2.71 bits per heavy atom. The van der Waals surface area contributed by atoms with Gasteiger partial charge in [0, 0.05) is 25.7 Å². The first-order chi connectivity index (χ1) is 8.31. The lowest BCUT2D eigenvalue weighted by molar-refractivity contribution is -0.132. The van der Waals surface area contributed by atoms with Gasteiger partial charge in [-0.2, -0.15) is 0 Å². The van der Waals surface area contributed by atoms with Crippen molar-refractivity contribution in [3.05, 3.63) is 0 Å². The number of rotatable bonds is 4. The highest BCUT2D eigenvalue weighted by Gasteiger charge is 2.24. The molecule has 98 valence electrons. The predicted molar refractivity (Wildman–Crippen MR) is 69.0 cm³/mol. The summed E-state index contributed by atoms with van der Waals surface area (Å²) in [5.74, 6) is 0.329. The van der Waals surface area contributed by atoms with Crippen LogP contribution in [0.4, 0.5) is 0 Å². The maximum Gasteiger partial charge on any atom is 0.236 e. The van der Waals surface area contributed by atoms with Crippen molar-refractivity contribution in [3.63, 3.8) is 0 Å². The van der Waals surface area contributed by atoms with Gasteiger partial charge in [-0.05, 0) is 38.8 Å². The Hall–Kier alpha value is -0.610. The SMILES string of the molecule is CCN(CC(=O)N1CCCC1)C1CCCNC1. The minimum absolute atomic E-state index is 0.329. The molecule has 0 saturated carbocycles. The summed E-state index contributed by atoms with van der Waals surface area (Å²) in [5.41, 5.74) is 0. The second-order valence-electron chi connectivity index (χ2n) is 5.15. The number of carbonyl (C=O) groups excluding carboxylic acids is 1. The Bertz CT molecular complexity index is 245. The summed E-state index contributed by atoms with van der Waals surface area (Å²) in [7, 11) is 0. The van der Waals surface area contributed by atoms with Gasteiger partial charge in [-0.25, -0.2) is 0 Å². The molecule has 4 nitrogen and oxygen atoms in total. The van der Waals surface area contributed by atoms with Gasteiger partial charge in [0.15, 0.2) is 0 Å². The molecule has 1 amide bonds. The average molecular weight is 239 g/mol. The molecule has 2 aliphatic rings. The molecule has 1 atom stereocenters. The highest BCUT2D eigenvalue weighted by atomic mass is 16.2. The molecule has 2 fully saturated rings. The zero-order valence-electron chi connectivity index (χ0n) is 11.0. The Morgan fingerprint density at radius 1 is 1.35 bits per heavy atom. The van der Waals surface area contributed by atoms with Crippen LogP contribution in [0.3, 0.4) is 0 Å². The molecule has 0 aromatic carbocycles. The third kappa shape index (κ3) is 3.42. The number of piperidine rings is 1. The van der Waals surface area contributed by atoms with Crippen molar-refractivity contribution in [2.24, 2.45) is 0 Å². The Kier molecular flexibility index (Phi) is 4.80. The maximum absolute atomic E-state index is 12.1. The quantitative estimate of drug-likeness (QED) is 0.784. The fourth-order valence-electron chi connectivity index (χ4n) is 2.88. The fraction of sp³-hybridized carbons (Fsp3) is 0.923. The van der Waals surface area contributed by atoms with Crippen LogP contribution in [0.5, 0.6) is 0 Å². The number of carbonyl (C=O) groups is 1. The van der Waals surface area contributed by atoms with Crippen LogP contribution in [0.2, 0.25) is 0 Å². The Morgan fingerprint density at radius 2 is 2.12 bits per heavy atom. The van der Waals surface area contributed by atoms with Gasteiger partial charge >= 0.3 is 0 Å². The normalized spacial score (nSPS) is 25.5. The van der Waals surface area contributed by atoms with E-state index < -0.39 is 0 Å². The van der Waals surface area contributed by atoms with Gasteiger partial charge < -0.3 is 10.2 Å². The van der Waals surface area contributed by atoms with E-state index in [1.54, 1.807) is 0 Å². The van der Waals surface area contributed by atoms with Crippen LogP contribution in [0.25, 0.3) is 0 Å². The van der Waals surface area contributed by atoms with E-state index in [0.717, 1.165) is 32.7 Å². The number of nitrogens with zero attached hydrogens (tertiary/aromatic N) is 2. The van der Waals surface area contributed by atoms with Crippen LogP contribution in [0.15, 0.2) is 0 Å². The summed E-state index contributed by atoms with van der Waals surface area (Å²) >= 11 is 0. The summed E-state index contributed by atoms with van der Waals surface area (Å²) in [4.78, 5) is 16.5. The standard InChI is InChI=1S/C13H25N3O/c1-2-15(12-6-5-7-14-10-12)11-13(17)16-8-3-4-9-16/h12,14H,2-11H2,1H3. The summed E-state index contributed by atoms with van der Waals surface area (Å²) in [6.45, 7) is 7.87. The molecule has 2 heterocycles. The molecule has 0 bridgehead atoms. The minimum atomic E-state index is 0.329. The van der Waals surface area contributed by atoms with Crippen molar-refractivity contribution in [1.82, 2.24) is 15.1 Å². The zero-order valence-corrected chi connectivity index (χ0v) is 11.0. The lowest BCUT2D eigenvalue weighted by Crippen LogP contribution is -2.49. The van der Waals surface area contributed by atoms with Crippen molar-refractivity contribution in [2.75, 3.05) is 39.3 Å². The van der Waals surface area contributed by atoms with Crippen molar-refractivity contribution >= 4 is 5.91 Å². The molecule has 1 unspecified atom stereocenters. The van der Waals surface area contributed by atoms with Crippen LogP contribution in [-0.4, -0.2) is 61.0 Å². The summed E-state index contributed by atoms with van der Waals surface area (Å²) in [5, 5.41) is 3.43. The van der Waals surface area contributed by atoms with E-state index in [1.165, 1.54) is 25.7 Å². The third-order valence-corrected chi connectivity index (χ3v) is 3.99. The van der Waals surface area contributed by atoms with Crippen molar-refractivity contribution in [2.45, 2.75) is 38.6 Å². The van der Waals surface area contributed by atoms with Gasteiger partial charge in [0.25, 0.3) is 0 Å². The largest absolute Gasteiger partial charge is 0.342 e. The molecule has 17 heavy (non-hydrogen) atoms. The lowest BCUT2D eigenvalue weighted by atomic mass is 10.1. The molecule has 2 aliphatic heterocycles. The van der Waals surface area contributed by atoms with Crippen molar-refractivity contribution in [3.8, 4) is 0 Å². The number of hydrogen-bond acceptors (Lipinski definition) is 3. The van der Waals surface area contributed by atoms with E-state index in [0.29, 0.717) is 18.5 Å². The molecule has 0 radical (unpaired) electrons. The van der Waals surface area contributed by atoms with Crippen LogP contribution in [0, 0.1) is 0 Å².